The fraction of sp³-hybridized carbons (Fsp3) is 0.967. The molecule has 1 amide bonds. The van der Waals surface area contributed by atoms with Crippen LogP contribution in [0.3, 0.4) is 0 Å². The smallest absolute Gasteiger partial charge is 0.220 e. The molecular weight excluding hydrogens is 547 g/mol. The lowest BCUT2D eigenvalue weighted by molar-refractivity contribution is -0.870. The van der Waals surface area contributed by atoms with Crippen LogP contribution in [0.4, 0.5) is 0 Å². The fourth-order valence-electron chi connectivity index (χ4n) is 9.64. The Morgan fingerprint density at radius 3 is 2.40 bits per heavy atom. The summed E-state index contributed by atoms with van der Waals surface area (Å²) in [5.41, 5.74) is 0.941. The molecule has 9 atom stereocenters. The number of nitrogens with zero attached hydrogens (tertiary/aromatic N) is 1. The number of hydrogen-bond acceptors (Lipinski definition) is 2. The van der Waals surface area contributed by atoms with Crippen LogP contribution in [0.15, 0.2) is 0 Å². The molecule has 204 valence electrons. The lowest BCUT2D eigenvalue weighted by Crippen LogP contribution is -3.00. The second-order valence-electron chi connectivity index (χ2n) is 14.5. The zero-order chi connectivity index (χ0) is 24.7. The molecule has 2 N–H and O–H groups in total. The highest BCUT2D eigenvalue weighted by Crippen LogP contribution is 2.68. The number of nitrogens with one attached hydrogen (secondary N) is 1. The molecule has 5 heteroatoms. The normalized spacial score (nSPS) is 41.7. The van der Waals surface area contributed by atoms with Crippen molar-refractivity contribution in [2.45, 2.75) is 104 Å². The number of halogens is 1. The van der Waals surface area contributed by atoms with Crippen molar-refractivity contribution in [1.29, 1.82) is 0 Å². The summed E-state index contributed by atoms with van der Waals surface area (Å²) in [6.45, 7) is 9.57. The Hall–Kier alpha value is 0.120. The van der Waals surface area contributed by atoms with Gasteiger partial charge >= 0.3 is 0 Å². The van der Waals surface area contributed by atoms with E-state index in [-0.39, 0.29) is 36.0 Å². The molecule has 0 radical (unpaired) electrons. The maximum atomic E-state index is 12.5. The number of aliphatic hydroxyl groups excluding tert-OH is 1. The topological polar surface area (TPSA) is 49.3 Å². The standard InChI is InChI=1S/C30H54N2O2.HI/c1-21(8-13-28(34)31-18-7-19-32(4,5)6)25-11-12-26-24-10-9-22-20-23(33)14-16-29(22,2)27(24)15-17-30(25,26)3;/h21-27,33H,7-20H2,1-6H3;1H/t21?,22?,23-,24?,25-,26?,27?,29+,30-;/m1./s1. The van der Waals surface area contributed by atoms with Crippen LogP contribution in [0.1, 0.15) is 97.8 Å². The van der Waals surface area contributed by atoms with E-state index in [2.05, 4.69) is 47.2 Å². The van der Waals surface area contributed by atoms with Gasteiger partial charge in [0, 0.05) is 19.4 Å². The van der Waals surface area contributed by atoms with Gasteiger partial charge in [0.1, 0.15) is 0 Å². The molecule has 0 aromatic carbocycles. The maximum Gasteiger partial charge on any atom is 0.220 e. The minimum absolute atomic E-state index is 0. The van der Waals surface area contributed by atoms with Crippen molar-refractivity contribution in [1.82, 2.24) is 5.32 Å². The second kappa shape index (κ2) is 11.5. The molecule has 0 aromatic rings. The molecular formula is C30H55IN2O2. The number of amides is 1. The van der Waals surface area contributed by atoms with Crippen molar-refractivity contribution in [3.8, 4) is 0 Å². The Morgan fingerprint density at radius 2 is 1.69 bits per heavy atom. The van der Waals surface area contributed by atoms with Crippen LogP contribution in [-0.4, -0.2) is 55.8 Å². The van der Waals surface area contributed by atoms with Crippen molar-refractivity contribution in [3.63, 3.8) is 0 Å². The van der Waals surface area contributed by atoms with Gasteiger partial charge in [-0.1, -0.05) is 20.8 Å². The number of rotatable bonds is 8. The summed E-state index contributed by atoms with van der Waals surface area (Å²) in [6.07, 6.45) is 14.4. The summed E-state index contributed by atoms with van der Waals surface area (Å²) in [5, 5.41) is 13.5. The first-order valence-electron chi connectivity index (χ1n) is 14.7. The summed E-state index contributed by atoms with van der Waals surface area (Å²) < 4.78 is 0.956. The molecule has 0 heterocycles. The Bertz CT molecular complexity index is 724. The number of quaternary nitrogens is 1. The maximum absolute atomic E-state index is 12.5. The third-order valence-electron chi connectivity index (χ3n) is 11.6. The van der Waals surface area contributed by atoms with Crippen molar-refractivity contribution < 1.29 is 38.4 Å². The van der Waals surface area contributed by atoms with E-state index >= 15 is 0 Å². The monoisotopic (exact) mass is 602 g/mol. The second-order valence-corrected chi connectivity index (χ2v) is 14.5. The highest BCUT2D eigenvalue weighted by atomic mass is 127. The molecule has 35 heavy (non-hydrogen) atoms. The van der Waals surface area contributed by atoms with Crippen LogP contribution in [-0.2, 0) is 4.79 Å². The number of carbonyl (C=O) groups is 1. The van der Waals surface area contributed by atoms with Gasteiger partial charge in [0.2, 0.25) is 5.91 Å². The predicted molar refractivity (Wildman–Crippen MR) is 140 cm³/mol. The highest BCUT2D eigenvalue weighted by molar-refractivity contribution is 5.75. The number of hydrogen-bond donors (Lipinski definition) is 2. The van der Waals surface area contributed by atoms with Crippen molar-refractivity contribution in [2.75, 3.05) is 34.2 Å². The zero-order valence-corrected chi connectivity index (χ0v) is 25.8. The van der Waals surface area contributed by atoms with Gasteiger partial charge in [-0.3, -0.25) is 4.79 Å². The predicted octanol–water partition coefficient (Wildman–Crippen LogP) is 2.64. The number of carbonyl (C=O) groups excluding carboxylic acids is 1. The van der Waals surface area contributed by atoms with Crippen LogP contribution in [0.5, 0.6) is 0 Å². The molecule has 4 rings (SSSR count). The van der Waals surface area contributed by atoms with Crippen LogP contribution in [0.2, 0.25) is 0 Å². The Balaban J connectivity index is 0.00000342. The largest absolute Gasteiger partial charge is 1.00 e. The van der Waals surface area contributed by atoms with E-state index in [1.807, 2.05) is 0 Å². The Labute approximate surface area is 233 Å². The lowest BCUT2D eigenvalue weighted by Gasteiger charge is -2.61. The molecule has 0 aromatic heterocycles. The van der Waals surface area contributed by atoms with E-state index < -0.39 is 0 Å². The average molecular weight is 603 g/mol. The van der Waals surface area contributed by atoms with Gasteiger partial charge in [0.25, 0.3) is 0 Å². The molecule has 4 nitrogen and oxygen atoms in total. The summed E-state index contributed by atoms with van der Waals surface area (Å²) in [6, 6.07) is 0. The Morgan fingerprint density at radius 1 is 1.00 bits per heavy atom. The molecule has 5 unspecified atom stereocenters. The van der Waals surface area contributed by atoms with Crippen molar-refractivity contribution >= 4 is 5.91 Å². The van der Waals surface area contributed by atoms with E-state index in [1.165, 1.54) is 44.9 Å². The summed E-state index contributed by atoms with van der Waals surface area (Å²) in [4.78, 5) is 12.5. The van der Waals surface area contributed by atoms with Crippen LogP contribution < -0.4 is 29.3 Å². The zero-order valence-electron chi connectivity index (χ0n) is 23.6. The summed E-state index contributed by atoms with van der Waals surface area (Å²) in [7, 11) is 6.62. The first-order chi connectivity index (χ1) is 15.9. The molecule has 4 aliphatic carbocycles. The van der Waals surface area contributed by atoms with Crippen LogP contribution in [0, 0.1) is 46.3 Å². The highest BCUT2D eigenvalue weighted by Gasteiger charge is 2.60. The number of fused-ring (bicyclic) bond motifs is 5. The Kier molecular flexibility index (Phi) is 9.73. The van der Waals surface area contributed by atoms with Gasteiger partial charge in [-0.15, -0.1) is 0 Å². The van der Waals surface area contributed by atoms with Gasteiger partial charge in [-0.25, -0.2) is 0 Å². The van der Waals surface area contributed by atoms with E-state index in [0.29, 0.717) is 23.2 Å². The summed E-state index contributed by atoms with van der Waals surface area (Å²) in [5.74, 6) is 5.08. The number of aliphatic hydroxyl groups is 1. The summed E-state index contributed by atoms with van der Waals surface area (Å²) >= 11 is 0. The first kappa shape index (κ1) is 29.7. The minimum Gasteiger partial charge on any atom is -1.00 e. The van der Waals surface area contributed by atoms with Crippen LogP contribution >= 0.6 is 0 Å². The van der Waals surface area contributed by atoms with Gasteiger partial charge in [-0.2, -0.15) is 0 Å². The molecule has 4 aliphatic rings. The molecule has 0 saturated heterocycles. The van der Waals surface area contributed by atoms with Crippen LogP contribution in [0.25, 0.3) is 0 Å². The SMILES string of the molecule is CC(CCC(=O)NCCC[N+](C)(C)C)[C@H]1CCC2C3CCC4C[C@H](O)CC[C@]4(C)C3CC[C@@]21C.[I-]. The molecule has 4 saturated carbocycles. The van der Waals surface area contributed by atoms with E-state index in [9.17, 15) is 9.90 Å². The van der Waals surface area contributed by atoms with E-state index in [4.69, 9.17) is 0 Å². The lowest BCUT2D eigenvalue weighted by atomic mass is 9.44. The third kappa shape index (κ3) is 6.24. The van der Waals surface area contributed by atoms with Gasteiger partial charge in [0.15, 0.2) is 0 Å². The van der Waals surface area contributed by atoms with Gasteiger partial charge < -0.3 is 38.9 Å². The third-order valence-corrected chi connectivity index (χ3v) is 11.6. The first-order valence-corrected chi connectivity index (χ1v) is 14.7. The van der Waals surface area contributed by atoms with E-state index in [1.54, 1.807) is 0 Å². The molecule has 0 bridgehead atoms. The van der Waals surface area contributed by atoms with Crippen molar-refractivity contribution in [2.24, 2.45) is 46.3 Å². The minimum atomic E-state index is -0.0463. The van der Waals surface area contributed by atoms with Gasteiger partial charge in [0.05, 0.1) is 33.8 Å². The molecule has 4 fully saturated rings. The fourth-order valence-corrected chi connectivity index (χ4v) is 9.64. The van der Waals surface area contributed by atoms with E-state index in [0.717, 1.165) is 72.8 Å². The molecule has 0 aliphatic heterocycles. The average Bonchev–Trinajstić information content (AvgIpc) is 3.12. The quantitative estimate of drug-likeness (QED) is 0.255. The van der Waals surface area contributed by atoms with Crippen molar-refractivity contribution in [3.05, 3.63) is 0 Å². The van der Waals surface area contributed by atoms with Gasteiger partial charge in [-0.05, 0) is 111 Å². The molecule has 0 spiro atoms.